The van der Waals surface area contributed by atoms with Crippen LogP contribution >= 0.6 is 11.8 Å². The van der Waals surface area contributed by atoms with Crippen molar-refractivity contribution < 1.29 is 9.59 Å². The normalized spacial score (nSPS) is 19.3. The van der Waals surface area contributed by atoms with E-state index in [1.807, 2.05) is 25.6 Å². The van der Waals surface area contributed by atoms with Gasteiger partial charge >= 0.3 is 0 Å². The number of carbonyl (C=O) groups excluding carboxylic acids is 2. The fourth-order valence-corrected chi connectivity index (χ4v) is 2.86. The van der Waals surface area contributed by atoms with Crippen LogP contribution < -0.4 is 10.6 Å². The molecule has 0 saturated carbocycles. The molecule has 1 atom stereocenters. The van der Waals surface area contributed by atoms with Gasteiger partial charge in [-0.05, 0) is 13.8 Å². The summed E-state index contributed by atoms with van der Waals surface area (Å²) in [7, 11) is 0. The van der Waals surface area contributed by atoms with Crippen molar-refractivity contribution in [3.63, 3.8) is 0 Å². The second-order valence-electron chi connectivity index (χ2n) is 4.27. The highest BCUT2D eigenvalue weighted by Crippen LogP contribution is 2.09. The maximum Gasteiger partial charge on any atom is 0.241 e. The highest BCUT2D eigenvalue weighted by atomic mass is 32.2. The molecule has 0 aromatic rings. The van der Waals surface area contributed by atoms with Gasteiger partial charge in [0.2, 0.25) is 11.8 Å². The van der Waals surface area contributed by atoms with Gasteiger partial charge in [-0.15, -0.1) is 0 Å². The molecule has 1 unspecified atom stereocenters. The number of nitrogens with zero attached hydrogens (tertiary/aromatic N) is 1. The number of hydrogen-bond acceptors (Lipinski definition) is 4. The van der Waals surface area contributed by atoms with Gasteiger partial charge in [-0.3, -0.25) is 9.59 Å². The number of hydrogen-bond donors (Lipinski definition) is 2. The minimum atomic E-state index is -0.0458. The third-order valence-electron chi connectivity index (χ3n) is 2.98. The number of thioether (sulfide) groups is 1. The van der Waals surface area contributed by atoms with Crippen molar-refractivity contribution in [1.29, 1.82) is 0 Å². The summed E-state index contributed by atoms with van der Waals surface area (Å²) < 4.78 is 0. The van der Waals surface area contributed by atoms with Crippen LogP contribution in [0, 0.1) is 0 Å². The SMILES string of the molecule is CCN(CC)C(=O)CNC(=O)CC1CSCCN1. The average molecular weight is 273 g/mol. The molecule has 0 radical (unpaired) electrons. The van der Waals surface area contributed by atoms with Crippen molar-refractivity contribution in [3.05, 3.63) is 0 Å². The number of rotatable bonds is 6. The molecule has 1 heterocycles. The lowest BCUT2D eigenvalue weighted by molar-refractivity contribution is -0.132. The molecule has 0 bridgehead atoms. The zero-order valence-corrected chi connectivity index (χ0v) is 12.0. The molecular formula is C12H23N3O2S. The Bertz CT molecular complexity index is 276. The van der Waals surface area contributed by atoms with E-state index in [0.717, 1.165) is 18.1 Å². The summed E-state index contributed by atoms with van der Waals surface area (Å²) in [5.41, 5.74) is 0. The number of amides is 2. The monoisotopic (exact) mass is 273 g/mol. The van der Waals surface area contributed by atoms with E-state index in [1.54, 1.807) is 4.90 Å². The topological polar surface area (TPSA) is 61.4 Å². The van der Waals surface area contributed by atoms with E-state index < -0.39 is 0 Å². The van der Waals surface area contributed by atoms with Crippen LogP contribution in [0.4, 0.5) is 0 Å². The largest absolute Gasteiger partial charge is 0.347 e. The van der Waals surface area contributed by atoms with Crippen LogP contribution in [0.5, 0.6) is 0 Å². The standard InChI is InChI=1S/C12H23N3O2S/c1-3-15(4-2)12(17)8-14-11(16)7-10-9-18-6-5-13-10/h10,13H,3-9H2,1-2H3,(H,14,16). The molecular weight excluding hydrogens is 250 g/mol. The minimum absolute atomic E-state index is 0.0145. The lowest BCUT2D eigenvalue weighted by Gasteiger charge is -2.23. The van der Waals surface area contributed by atoms with E-state index in [9.17, 15) is 9.59 Å². The first kappa shape index (κ1) is 15.3. The smallest absolute Gasteiger partial charge is 0.241 e. The van der Waals surface area contributed by atoms with Crippen LogP contribution in [0.25, 0.3) is 0 Å². The quantitative estimate of drug-likeness (QED) is 0.719. The second kappa shape index (κ2) is 8.37. The van der Waals surface area contributed by atoms with E-state index in [-0.39, 0.29) is 24.4 Å². The molecule has 6 heteroatoms. The van der Waals surface area contributed by atoms with Crippen LogP contribution in [-0.2, 0) is 9.59 Å². The predicted molar refractivity (Wildman–Crippen MR) is 74.7 cm³/mol. The summed E-state index contributed by atoms with van der Waals surface area (Å²) in [4.78, 5) is 25.1. The Morgan fingerprint density at radius 2 is 2.11 bits per heavy atom. The molecule has 2 amide bonds. The van der Waals surface area contributed by atoms with E-state index in [4.69, 9.17) is 0 Å². The van der Waals surface area contributed by atoms with Gasteiger partial charge in [-0.25, -0.2) is 0 Å². The molecule has 1 rings (SSSR count). The third-order valence-corrected chi connectivity index (χ3v) is 4.11. The minimum Gasteiger partial charge on any atom is -0.347 e. The molecule has 104 valence electrons. The molecule has 1 aliphatic heterocycles. The molecule has 18 heavy (non-hydrogen) atoms. The summed E-state index contributed by atoms with van der Waals surface area (Å²) in [6.45, 7) is 6.32. The number of carbonyl (C=O) groups is 2. The van der Waals surface area contributed by atoms with Crippen LogP contribution in [0.3, 0.4) is 0 Å². The zero-order chi connectivity index (χ0) is 13.4. The Labute approximate surface area is 113 Å². The first-order chi connectivity index (χ1) is 8.67. The van der Waals surface area contributed by atoms with Gasteiger partial charge in [-0.1, -0.05) is 0 Å². The highest BCUT2D eigenvalue weighted by molar-refractivity contribution is 7.99. The Kier molecular flexibility index (Phi) is 7.12. The van der Waals surface area contributed by atoms with Crippen LogP contribution in [0.15, 0.2) is 0 Å². The first-order valence-electron chi connectivity index (χ1n) is 6.53. The van der Waals surface area contributed by atoms with Gasteiger partial charge < -0.3 is 15.5 Å². The van der Waals surface area contributed by atoms with Crippen molar-refractivity contribution in [2.75, 3.05) is 37.7 Å². The van der Waals surface area contributed by atoms with E-state index in [2.05, 4.69) is 10.6 Å². The fraction of sp³-hybridized carbons (Fsp3) is 0.833. The van der Waals surface area contributed by atoms with Crippen LogP contribution in [0.1, 0.15) is 20.3 Å². The molecule has 2 N–H and O–H groups in total. The molecule has 0 aliphatic carbocycles. The van der Waals surface area contributed by atoms with Crippen molar-refractivity contribution in [1.82, 2.24) is 15.5 Å². The Morgan fingerprint density at radius 3 is 2.67 bits per heavy atom. The third kappa shape index (κ3) is 5.27. The lowest BCUT2D eigenvalue weighted by Crippen LogP contribution is -2.44. The molecule has 0 aromatic heterocycles. The van der Waals surface area contributed by atoms with Gasteiger partial charge in [0.05, 0.1) is 6.54 Å². The summed E-state index contributed by atoms with van der Waals surface area (Å²) >= 11 is 1.86. The maximum absolute atomic E-state index is 11.7. The first-order valence-corrected chi connectivity index (χ1v) is 7.68. The van der Waals surface area contributed by atoms with Gasteiger partial charge in [-0.2, -0.15) is 11.8 Å². The summed E-state index contributed by atoms with van der Waals surface area (Å²) in [6, 6.07) is 0.243. The number of likely N-dealkylation sites (N-methyl/N-ethyl adjacent to an activating group) is 1. The lowest BCUT2D eigenvalue weighted by atomic mass is 10.2. The summed E-state index contributed by atoms with van der Waals surface area (Å²) in [5.74, 6) is 2.02. The van der Waals surface area contributed by atoms with Crippen molar-refractivity contribution in [2.24, 2.45) is 0 Å². The van der Waals surface area contributed by atoms with Crippen LogP contribution in [-0.4, -0.2) is 60.4 Å². The number of nitrogens with one attached hydrogen (secondary N) is 2. The molecule has 0 aromatic carbocycles. The molecule has 5 nitrogen and oxygen atoms in total. The second-order valence-corrected chi connectivity index (χ2v) is 5.42. The maximum atomic E-state index is 11.7. The van der Waals surface area contributed by atoms with Gasteiger partial charge in [0, 0.05) is 43.6 Å². The van der Waals surface area contributed by atoms with E-state index in [1.165, 1.54) is 0 Å². The van der Waals surface area contributed by atoms with Gasteiger partial charge in [0.25, 0.3) is 0 Å². The van der Waals surface area contributed by atoms with E-state index in [0.29, 0.717) is 19.5 Å². The van der Waals surface area contributed by atoms with Crippen LogP contribution in [0.2, 0.25) is 0 Å². The van der Waals surface area contributed by atoms with Gasteiger partial charge in [0.15, 0.2) is 0 Å². The Morgan fingerprint density at radius 1 is 1.39 bits per heavy atom. The highest BCUT2D eigenvalue weighted by Gasteiger charge is 2.17. The van der Waals surface area contributed by atoms with Gasteiger partial charge in [0.1, 0.15) is 0 Å². The average Bonchev–Trinajstić information content (AvgIpc) is 2.39. The Balaban J connectivity index is 2.21. The molecule has 1 fully saturated rings. The molecule has 1 saturated heterocycles. The van der Waals surface area contributed by atoms with Crippen molar-refractivity contribution in [2.45, 2.75) is 26.3 Å². The van der Waals surface area contributed by atoms with E-state index >= 15 is 0 Å². The van der Waals surface area contributed by atoms with Crippen molar-refractivity contribution >= 4 is 23.6 Å². The van der Waals surface area contributed by atoms with Crippen molar-refractivity contribution in [3.8, 4) is 0 Å². The summed E-state index contributed by atoms with van der Waals surface area (Å²) in [5, 5.41) is 6.01. The molecule has 1 aliphatic rings. The fourth-order valence-electron chi connectivity index (χ4n) is 1.91. The molecule has 0 spiro atoms. The summed E-state index contributed by atoms with van der Waals surface area (Å²) in [6.07, 6.45) is 0.457. The zero-order valence-electron chi connectivity index (χ0n) is 11.2. The Hall–Kier alpha value is -0.750. The predicted octanol–water partition coefficient (Wildman–Crippen LogP) is 0.0661.